The van der Waals surface area contributed by atoms with Gasteiger partial charge in [-0.3, -0.25) is 0 Å². The van der Waals surface area contributed by atoms with E-state index in [1.165, 1.54) is 17.8 Å². The van der Waals surface area contributed by atoms with Gasteiger partial charge in [0.25, 0.3) is 0 Å². The average molecular weight is 260 g/mol. The topological polar surface area (TPSA) is 72.5 Å². The summed E-state index contributed by atoms with van der Waals surface area (Å²) in [4.78, 5) is 11.6. The van der Waals surface area contributed by atoms with Crippen LogP contribution in [-0.4, -0.2) is 29.5 Å². The van der Waals surface area contributed by atoms with Crippen LogP contribution >= 0.6 is 23.4 Å². The highest BCUT2D eigenvalue weighted by Crippen LogP contribution is 2.37. The van der Waals surface area contributed by atoms with Gasteiger partial charge in [-0.1, -0.05) is 11.6 Å². The Labute approximate surface area is 102 Å². The predicted octanol–water partition coefficient (Wildman–Crippen LogP) is 2.11. The monoisotopic (exact) mass is 259 g/mol. The Morgan fingerprint density at radius 2 is 2.25 bits per heavy atom. The Bertz CT molecular complexity index is 434. The van der Waals surface area contributed by atoms with E-state index in [0.717, 1.165) is 0 Å². The lowest BCUT2D eigenvalue weighted by molar-refractivity contribution is 0.0454. The average Bonchev–Trinajstić information content (AvgIpc) is 2.12. The van der Waals surface area contributed by atoms with E-state index >= 15 is 0 Å². The van der Waals surface area contributed by atoms with Crippen LogP contribution in [0.1, 0.15) is 10.4 Å². The largest absolute Gasteiger partial charge is 0.478 e. The molecule has 1 heterocycles. The van der Waals surface area contributed by atoms with Crippen LogP contribution in [0.3, 0.4) is 0 Å². The summed E-state index contributed by atoms with van der Waals surface area (Å²) in [6.07, 6.45) is 0. The Balaban J connectivity index is 2.35. The smallest absolute Gasteiger partial charge is 0.336 e. The molecule has 0 radical (unpaired) electrons. The molecular weight excluding hydrogens is 250 g/mol. The van der Waals surface area contributed by atoms with E-state index in [4.69, 9.17) is 27.2 Å². The third-order valence-corrected chi connectivity index (χ3v) is 3.88. The maximum atomic E-state index is 11.1. The summed E-state index contributed by atoms with van der Waals surface area (Å²) in [5.41, 5.74) is 6.07. The first-order chi connectivity index (χ1) is 7.58. The molecule has 0 amide bonds. The molecule has 0 unspecified atom stereocenters. The van der Waals surface area contributed by atoms with Gasteiger partial charge in [-0.25, -0.2) is 4.79 Å². The number of anilines is 1. The summed E-state index contributed by atoms with van der Waals surface area (Å²) in [5.74, 6) is -1.02. The maximum Gasteiger partial charge on any atom is 0.336 e. The van der Waals surface area contributed by atoms with Crippen LogP contribution in [0.25, 0.3) is 0 Å². The van der Waals surface area contributed by atoms with Crippen LogP contribution in [0.2, 0.25) is 5.02 Å². The van der Waals surface area contributed by atoms with Crippen LogP contribution in [-0.2, 0) is 4.74 Å². The summed E-state index contributed by atoms with van der Waals surface area (Å²) >= 11 is 7.43. The summed E-state index contributed by atoms with van der Waals surface area (Å²) < 4.78 is 5.03. The summed E-state index contributed by atoms with van der Waals surface area (Å²) in [5, 5.41) is 9.72. The minimum Gasteiger partial charge on any atom is -0.478 e. The second-order valence-electron chi connectivity index (χ2n) is 3.46. The van der Waals surface area contributed by atoms with Crippen LogP contribution in [0.15, 0.2) is 17.0 Å². The molecule has 1 fully saturated rings. The molecule has 1 aromatic carbocycles. The van der Waals surface area contributed by atoms with Crippen molar-refractivity contribution < 1.29 is 14.6 Å². The molecule has 3 N–H and O–H groups in total. The predicted molar refractivity (Wildman–Crippen MR) is 63.3 cm³/mol. The molecule has 0 bridgehead atoms. The summed E-state index contributed by atoms with van der Waals surface area (Å²) in [7, 11) is 0. The molecule has 1 aromatic rings. The van der Waals surface area contributed by atoms with E-state index in [2.05, 4.69) is 0 Å². The van der Waals surface area contributed by atoms with Gasteiger partial charge in [-0.15, -0.1) is 11.8 Å². The lowest BCUT2D eigenvalue weighted by Crippen LogP contribution is -2.30. The lowest BCUT2D eigenvalue weighted by Gasteiger charge is -2.26. The molecule has 4 nitrogen and oxygen atoms in total. The first-order valence-electron chi connectivity index (χ1n) is 4.64. The van der Waals surface area contributed by atoms with E-state index < -0.39 is 5.97 Å². The SMILES string of the molecule is Nc1cc(Cl)c(SC2COC2)c(C(=O)O)c1. The van der Waals surface area contributed by atoms with Crippen molar-refractivity contribution in [2.75, 3.05) is 18.9 Å². The Kier molecular flexibility index (Phi) is 3.28. The number of carbonyl (C=O) groups is 1. The molecule has 0 saturated carbocycles. The first kappa shape index (κ1) is 11.6. The van der Waals surface area contributed by atoms with Crippen molar-refractivity contribution in [1.29, 1.82) is 0 Å². The van der Waals surface area contributed by atoms with Gasteiger partial charge in [0, 0.05) is 10.6 Å². The fourth-order valence-electron chi connectivity index (χ4n) is 1.34. The lowest BCUT2D eigenvalue weighted by atomic mass is 10.2. The van der Waals surface area contributed by atoms with Crippen LogP contribution in [0, 0.1) is 0 Å². The molecule has 0 aliphatic carbocycles. The molecular formula is C10H10ClNO3S. The number of halogens is 1. The van der Waals surface area contributed by atoms with Crippen molar-refractivity contribution in [3.63, 3.8) is 0 Å². The van der Waals surface area contributed by atoms with E-state index in [1.54, 1.807) is 6.07 Å². The second-order valence-corrected chi connectivity index (χ2v) is 5.18. The van der Waals surface area contributed by atoms with Crippen molar-refractivity contribution in [3.8, 4) is 0 Å². The fraction of sp³-hybridized carbons (Fsp3) is 0.300. The quantitative estimate of drug-likeness (QED) is 0.814. The van der Waals surface area contributed by atoms with Crippen molar-refractivity contribution in [2.45, 2.75) is 10.1 Å². The van der Waals surface area contributed by atoms with Gasteiger partial charge in [-0.2, -0.15) is 0 Å². The van der Waals surface area contributed by atoms with Gasteiger partial charge in [0.2, 0.25) is 0 Å². The zero-order valence-corrected chi connectivity index (χ0v) is 9.85. The molecule has 1 saturated heterocycles. The van der Waals surface area contributed by atoms with E-state index in [9.17, 15) is 4.79 Å². The van der Waals surface area contributed by atoms with E-state index in [1.807, 2.05) is 0 Å². The second kappa shape index (κ2) is 4.53. The number of benzene rings is 1. The zero-order valence-electron chi connectivity index (χ0n) is 8.27. The molecule has 1 aliphatic heterocycles. The number of nitrogen functional groups attached to an aromatic ring is 1. The number of carboxylic acid groups (broad SMARTS) is 1. The van der Waals surface area contributed by atoms with E-state index in [-0.39, 0.29) is 10.8 Å². The van der Waals surface area contributed by atoms with Crippen molar-refractivity contribution in [3.05, 3.63) is 22.7 Å². The van der Waals surface area contributed by atoms with Gasteiger partial charge in [0.15, 0.2) is 0 Å². The number of nitrogens with two attached hydrogens (primary N) is 1. The fourth-order valence-corrected chi connectivity index (χ4v) is 2.81. The minimum atomic E-state index is -1.02. The van der Waals surface area contributed by atoms with Crippen LogP contribution < -0.4 is 5.73 Å². The number of ether oxygens (including phenoxy) is 1. The third kappa shape index (κ3) is 2.26. The summed E-state index contributed by atoms with van der Waals surface area (Å²) in [6.45, 7) is 1.26. The highest BCUT2D eigenvalue weighted by atomic mass is 35.5. The molecule has 6 heteroatoms. The number of hydrogen-bond acceptors (Lipinski definition) is 4. The minimum absolute atomic E-state index is 0.155. The third-order valence-electron chi connectivity index (χ3n) is 2.19. The Morgan fingerprint density at radius 1 is 1.56 bits per heavy atom. The van der Waals surface area contributed by atoms with Crippen LogP contribution in [0.4, 0.5) is 5.69 Å². The molecule has 2 rings (SSSR count). The standard InChI is InChI=1S/C10H10ClNO3S/c11-8-2-5(12)1-7(10(13)14)9(8)16-6-3-15-4-6/h1-2,6H,3-4,12H2,(H,13,14). The molecule has 1 aliphatic rings. The van der Waals surface area contributed by atoms with Crippen molar-refractivity contribution in [1.82, 2.24) is 0 Å². The zero-order chi connectivity index (χ0) is 11.7. The van der Waals surface area contributed by atoms with Gasteiger partial charge in [0.1, 0.15) is 0 Å². The van der Waals surface area contributed by atoms with Gasteiger partial charge in [0.05, 0.1) is 29.0 Å². The molecule has 16 heavy (non-hydrogen) atoms. The Morgan fingerprint density at radius 3 is 2.75 bits per heavy atom. The van der Waals surface area contributed by atoms with Gasteiger partial charge >= 0.3 is 5.97 Å². The Hall–Kier alpha value is -0.910. The number of aromatic carboxylic acids is 1. The highest BCUT2D eigenvalue weighted by Gasteiger charge is 2.24. The van der Waals surface area contributed by atoms with Crippen molar-refractivity contribution >= 4 is 35.0 Å². The number of thioether (sulfide) groups is 1. The maximum absolute atomic E-state index is 11.1. The molecule has 0 aromatic heterocycles. The number of rotatable bonds is 3. The van der Waals surface area contributed by atoms with Gasteiger partial charge in [-0.05, 0) is 12.1 Å². The van der Waals surface area contributed by atoms with E-state index in [0.29, 0.717) is 28.8 Å². The molecule has 0 atom stereocenters. The number of carboxylic acids is 1. The first-order valence-corrected chi connectivity index (χ1v) is 5.90. The molecule has 86 valence electrons. The highest BCUT2D eigenvalue weighted by molar-refractivity contribution is 8.00. The van der Waals surface area contributed by atoms with Crippen molar-refractivity contribution in [2.24, 2.45) is 0 Å². The summed E-state index contributed by atoms with van der Waals surface area (Å²) in [6, 6.07) is 2.99. The van der Waals surface area contributed by atoms with Crippen LogP contribution in [0.5, 0.6) is 0 Å². The number of hydrogen-bond donors (Lipinski definition) is 2. The van der Waals surface area contributed by atoms with Gasteiger partial charge < -0.3 is 15.6 Å². The molecule has 0 spiro atoms. The normalized spacial score (nSPS) is 15.8.